The lowest BCUT2D eigenvalue weighted by Crippen LogP contribution is -2.48. The minimum atomic E-state index is -4.44. The van der Waals surface area contributed by atoms with Crippen molar-refractivity contribution in [3.8, 4) is 0 Å². The molecule has 1 rings (SSSR count). The molecule has 1 aromatic heterocycles. The fourth-order valence-corrected chi connectivity index (χ4v) is 1.63. The molecular weight excluding hydrogens is 261 g/mol. The molecule has 0 fully saturated rings. The Balaban J connectivity index is 2.52. The summed E-state index contributed by atoms with van der Waals surface area (Å²) in [6, 6.07) is -1.82. The highest BCUT2D eigenvalue weighted by Crippen LogP contribution is 2.25. The van der Waals surface area contributed by atoms with Gasteiger partial charge in [-0.3, -0.25) is 4.79 Å². The van der Waals surface area contributed by atoms with Gasteiger partial charge < -0.3 is 9.88 Å². The number of rotatable bonds is 5. The van der Waals surface area contributed by atoms with E-state index in [1.165, 1.54) is 20.2 Å². The largest absolute Gasteiger partial charge is 0.408 e. The molecule has 108 valence electrons. The summed E-state index contributed by atoms with van der Waals surface area (Å²) in [6.07, 6.45) is -2.76. The van der Waals surface area contributed by atoms with Crippen molar-refractivity contribution in [2.75, 3.05) is 0 Å². The van der Waals surface area contributed by atoms with Gasteiger partial charge in [-0.05, 0) is 5.92 Å². The van der Waals surface area contributed by atoms with Gasteiger partial charge in [0.15, 0.2) is 0 Å². The highest BCUT2D eigenvalue weighted by molar-refractivity contribution is 5.76. The van der Waals surface area contributed by atoms with Gasteiger partial charge in [0, 0.05) is 19.9 Å². The normalized spacial score (nSPS) is 13.6. The first-order valence-corrected chi connectivity index (χ1v) is 5.90. The van der Waals surface area contributed by atoms with E-state index in [1.54, 1.807) is 11.6 Å². The van der Waals surface area contributed by atoms with E-state index in [9.17, 15) is 18.0 Å². The molecule has 0 saturated carbocycles. The van der Waals surface area contributed by atoms with Gasteiger partial charge in [0.25, 0.3) is 0 Å². The van der Waals surface area contributed by atoms with Crippen LogP contribution in [0.4, 0.5) is 13.2 Å². The zero-order valence-electron chi connectivity index (χ0n) is 11.0. The van der Waals surface area contributed by atoms with Gasteiger partial charge in [0.2, 0.25) is 5.91 Å². The SMILES string of the molecule is CC(C)[C@@H](NC(=O)CCc1nncn1C)C(F)(F)F. The van der Waals surface area contributed by atoms with E-state index in [0.717, 1.165) is 0 Å². The first-order chi connectivity index (χ1) is 8.71. The van der Waals surface area contributed by atoms with E-state index in [1.807, 2.05) is 5.32 Å². The summed E-state index contributed by atoms with van der Waals surface area (Å²) >= 11 is 0. The van der Waals surface area contributed by atoms with E-state index in [-0.39, 0.29) is 12.8 Å². The second-order valence-electron chi connectivity index (χ2n) is 4.69. The molecule has 1 heterocycles. The summed E-state index contributed by atoms with van der Waals surface area (Å²) in [6.45, 7) is 2.84. The lowest BCUT2D eigenvalue weighted by molar-refractivity contribution is -0.169. The zero-order valence-corrected chi connectivity index (χ0v) is 11.0. The number of nitrogens with one attached hydrogen (secondary N) is 1. The molecule has 0 aliphatic heterocycles. The average molecular weight is 278 g/mol. The van der Waals surface area contributed by atoms with Crippen molar-refractivity contribution < 1.29 is 18.0 Å². The molecule has 1 aromatic rings. The number of amides is 1. The van der Waals surface area contributed by atoms with Crippen LogP contribution in [0.25, 0.3) is 0 Å². The number of carbonyl (C=O) groups excluding carboxylic acids is 1. The first-order valence-electron chi connectivity index (χ1n) is 5.90. The molecular formula is C11H17F3N4O. The van der Waals surface area contributed by atoms with Gasteiger partial charge in [0.1, 0.15) is 18.2 Å². The molecule has 0 unspecified atom stereocenters. The molecule has 0 aliphatic carbocycles. The first kappa shape index (κ1) is 15.5. The molecule has 0 bridgehead atoms. The Hall–Kier alpha value is -1.60. The molecule has 5 nitrogen and oxygen atoms in total. The Labute approximate surface area is 109 Å². The molecule has 0 spiro atoms. The number of hydrogen-bond acceptors (Lipinski definition) is 3. The topological polar surface area (TPSA) is 59.8 Å². The lowest BCUT2D eigenvalue weighted by atomic mass is 10.0. The maximum Gasteiger partial charge on any atom is 0.408 e. The molecule has 19 heavy (non-hydrogen) atoms. The number of nitrogens with zero attached hydrogens (tertiary/aromatic N) is 3. The number of alkyl halides is 3. The van der Waals surface area contributed by atoms with Crippen LogP contribution in [-0.2, 0) is 18.3 Å². The van der Waals surface area contributed by atoms with Gasteiger partial charge in [-0.15, -0.1) is 10.2 Å². The fraction of sp³-hybridized carbons (Fsp3) is 0.727. The third-order valence-corrected chi connectivity index (χ3v) is 2.72. The summed E-state index contributed by atoms with van der Waals surface area (Å²) < 4.78 is 39.6. The summed E-state index contributed by atoms with van der Waals surface area (Å²) in [5.41, 5.74) is 0. The van der Waals surface area contributed by atoms with Crippen LogP contribution in [0, 0.1) is 5.92 Å². The van der Waals surface area contributed by atoms with Gasteiger partial charge in [-0.2, -0.15) is 13.2 Å². The third-order valence-electron chi connectivity index (χ3n) is 2.72. The standard InChI is InChI=1S/C11H17F3N4O/c1-7(2)10(11(12,13)14)16-9(19)5-4-8-17-15-6-18(8)3/h6-7,10H,4-5H2,1-3H3,(H,16,19)/t10-/m1/s1. The van der Waals surface area contributed by atoms with E-state index in [2.05, 4.69) is 10.2 Å². The molecule has 0 aliphatic rings. The van der Waals surface area contributed by atoms with Gasteiger partial charge in [-0.25, -0.2) is 0 Å². The Morgan fingerprint density at radius 2 is 2.11 bits per heavy atom. The van der Waals surface area contributed by atoms with E-state index < -0.39 is 24.0 Å². The lowest BCUT2D eigenvalue weighted by Gasteiger charge is -2.24. The Kier molecular flexibility index (Phi) is 4.90. The molecule has 1 atom stereocenters. The maximum atomic E-state index is 12.7. The van der Waals surface area contributed by atoms with Crippen molar-refractivity contribution in [1.82, 2.24) is 20.1 Å². The van der Waals surface area contributed by atoms with Crippen LogP contribution in [-0.4, -0.2) is 32.9 Å². The maximum absolute atomic E-state index is 12.7. The molecule has 0 aromatic carbocycles. The predicted octanol–water partition coefficient (Wildman–Crippen LogP) is 1.45. The van der Waals surface area contributed by atoms with Gasteiger partial charge >= 0.3 is 6.18 Å². The number of hydrogen-bond donors (Lipinski definition) is 1. The second-order valence-corrected chi connectivity index (χ2v) is 4.69. The van der Waals surface area contributed by atoms with Crippen LogP contribution in [0.1, 0.15) is 26.1 Å². The van der Waals surface area contributed by atoms with Crippen molar-refractivity contribution in [2.24, 2.45) is 13.0 Å². The molecule has 0 radical (unpaired) electrons. The summed E-state index contributed by atoms with van der Waals surface area (Å²) in [5.74, 6) is -0.791. The minimum absolute atomic E-state index is 0.0498. The smallest absolute Gasteiger partial charge is 0.344 e. The second kappa shape index (κ2) is 6.03. The zero-order chi connectivity index (χ0) is 14.6. The van der Waals surface area contributed by atoms with Crippen LogP contribution >= 0.6 is 0 Å². The van der Waals surface area contributed by atoms with E-state index in [4.69, 9.17) is 0 Å². The van der Waals surface area contributed by atoms with Crippen LogP contribution in [0.15, 0.2) is 6.33 Å². The van der Waals surface area contributed by atoms with E-state index in [0.29, 0.717) is 5.82 Å². The third kappa shape index (κ3) is 4.53. The van der Waals surface area contributed by atoms with Crippen LogP contribution in [0.5, 0.6) is 0 Å². The van der Waals surface area contributed by atoms with Crippen molar-refractivity contribution in [3.63, 3.8) is 0 Å². The number of aryl methyl sites for hydroxylation is 2. The highest BCUT2D eigenvalue weighted by atomic mass is 19.4. The summed E-state index contributed by atoms with van der Waals surface area (Å²) in [4.78, 5) is 11.5. The van der Waals surface area contributed by atoms with Crippen molar-refractivity contribution in [3.05, 3.63) is 12.2 Å². The van der Waals surface area contributed by atoms with E-state index >= 15 is 0 Å². The van der Waals surface area contributed by atoms with Crippen LogP contribution in [0.3, 0.4) is 0 Å². The number of halogens is 3. The number of aromatic nitrogens is 3. The Bertz CT molecular complexity index is 428. The van der Waals surface area contributed by atoms with Gasteiger partial charge in [0.05, 0.1) is 0 Å². The van der Waals surface area contributed by atoms with Gasteiger partial charge in [-0.1, -0.05) is 13.8 Å². The van der Waals surface area contributed by atoms with Crippen molar-refractivity contribution in [2.45, 2.75) is 38.9 Å². The summed E-state index contributed by atoms with van der Waals surface area (Å²) in [5, 5.41) is 9.41. The minimum Gasteiger partial charge on any atom is -0.344 e. The molecule has 1 N–H and O–H groups in total. The van der Waals surface area contributed by atoms with Crippen LogP contribution < -0.4 is 5.32 Å². The molecule has 8 heteroatoms. The Morgan fingerprint density at radius 3 is 2.53 bits per heavy atom. The monoisotopic (exact) mass is 278 g/mol. The molecule has 1 amide bonds. The van der Waals surface area contributed by atoms with Crippen LogP contribution in [0.2, 0.25) is 0 Å². The van der Waals surface area contributed by atoms with Crippen molar-refractivity contribution in [1.29, 1.82) is 0 Å². The summed E-state index contributed by atoms with van der Waals surface area (Å²) in [7, 11) is 1.71. The quantitative estimate of drug-likeness (QED) is 0.887. The fourth-order valence-electron chi connectivity index (χ4n) is 1.63. The van der Waals surface area contributed by atoms with Crippen molar-refractivity contribution >= 4 is 5.91 Å². The Morgan fingerprint density at radius 1 is 1.47 bits per heavy atom. The number of carbonyl (C=O) groups is 1. The molecule has 0 saturated heterocycles. The average Bonchev–Trinajstić information content (AvgIpc) is 2.67. The predicted molar refractivity (Wildman–Crippen MR) is 62.1 cm³/mol. The highest BCUT2D eigenvalue weighted by Gasteiger charge is 2.42.